The van der Waals surface area contributed by atoms with Crippen molar-refractivity contribution in [2.45, 2.75) is 19.8 Å². The summed E-state index contributed by atoms with van der Waals surface area (Å²) in [5, 5.41) is 1.89. The molecule has 0 spiro atoms. The minimum atomic E-state index is -0.364. The van der Waals surface area contributed by atoms with Crippen LogP contribution in [-0.4, -0.2) is 34.2 Å². The van der Waals surface area contributed by atoms with Gasteiger partial charge in [0, 0.05) is 19.3 Å². The van der Waals surface area contributed by atoms with E-state index in [1.807, 2.05) is 0 Å². The van der Waals surface area contributed by atoms with Crippen molar-refractivity contribution >= 4 is 34.9 Å². The van der Waals surface area contributed by atoms with Crippen molar-refractivity contribution in [2.75, 3.05) is 18.0 Å². The maximum Gasteiger partial charge on any atom is 0.290 e. The summed E-state index contributed by atoms with van der Waals surface area (Å²) in [5.41, 5.74) is 0.644. The summed E-state index contributed by atoms with van der Waals surface area (Å²) in [6, 6.07) is 1.74. The Bertz CT molecular complexity index is 609. The average molecular weight is 304 g/mol. The first-order chi connectivity index (χ1) is 10.1. The molecule has 0 unspecified atom stereocenters. The summed E-state index contributed by atoms with van der Waals surface area (Å²) in [4.78, 5) is 34.0. The molecule has 0 atom stereocenters. The fourth-order valence-corrected chi connectivity index (χ4v) is 3.03. The molecule has 1 aromatic heterocycles. The van der Waals surface area contributed by atoms with Gasteiger partial charge in [0.15, 0.2) is 0 Å². The van der Waals surface area contributed by atoms with Gasteiger partial charge in [-0.3, -0.25) is 14.9 Å². The number of piperidine rings is 1. The molecule has 1 N–H and O–H groups in total. The maximum atomic E-state index is 11.5. The zero-order valence-corrected chi connectivity index (χ0v) is 12.5. The fourth-order valence-electron chi connectivity index (χ4n) is 2.36. The number of carbonyl (C=O) groups is 2. The predicted octanol–water partition coefficient (Wildman–Crippen LogP) is 2.04. The summed E-state index contributed by atoms with van der Waals surface area (Å²) in [7, 11) is 0. The fraction of sp³-hybridized carbons (Fsp3) is 0.429. The van der Waals surface area contributed by atoms with Crippen molar-refractivity contribution in [3.05, 3.63) is 22.9 Å². The van der Waals surface area contributed by atoms with E-state index in [9.17, 15) is 9.59 Å². The molecule has 3 rings (SSSR count). The lowest BCUT2D eigenvalue weighted by atomic mass is 10.00. The molecule has 2 aliphatic rings. The number of nitrogens with one attached hydrogen (secondary N) is 1. The number of thioether (sulfide) groups is 1. The Balaban J connectivity index is 1.79. The van der Waals surface area contributed by atoms with Crippen LogP contribution in [0.5, 0.6) is 0 Å². The Hall–Kier alpha value is -1.89. The number of rotatable bonds is 2. The molecule has 110 valence electrons. The van der Waals surface area contributed by atoms with Crippen LogP contribution in [0.2, 0.25) is 0 Å². The molecule has 0 radical (unpaired) electrons. The van der Waals surface area contributed by atoms with Crippen molar-refractivity contribution in [1.82, 2.24) is 15.3 Å². The van der Waals surface area contributed by atoms with E-state index in [2.05, 4.69) is 27.1 Å². The molecule has 2 amide bonds. The molecular weight excluding hydrogens is 288 g/mol. The van der Waals surface area contributed by atoms with Crippen LogP contribution in [-0.2, 0) is 4.79 Å². The van der Waals surface area contributed by atoms with Crippen LogP contribution in [0.4, 0.5) is 10.7 Å². The number of hydrogen-bond acceptors (Lipinski definition) is 6. The predicted molar refractivity (Wildman–Crippen MR) is 81.7 cm³/mol. The molecule has 0 saturated carbocycles. The molecule has 0 bridgehead atoms. The van der Waals surface area contributed by atoms with Crippen molar-refractivity contribution in [2.24, 2.45) is 5.92 Å². The number of imide groups is 1. The van der Waals surface area contributed by atoms with E-state index in [0.717, 1.165) is 43.6 Å². The van der Waals surface area contributed by atoms with Crippen molar-refractivity contribution in [3.8, 4) is 0 Å². The zero-order chi connectivity index (χ0) is 14.8. The Kier molecular flexibility index (Phi) is 3.92. The van der Waals surface area contributed by atoms with Crippen LogP contribution in [0, 0.1) is 5.92 Å². The van der Waals surface area contributed by atoms with Gasteiger partial charge in [-0.25, -0.2) is 9.97 Å². The van der Waals surface area contributed by atoms with Crippen LogP contribution in [0.3, 0.4) is 0 Å². The Labute approximate surface area is 127 Å². The minimum absolute atomic E-state index is 0.342. The first kappa shape index (κ1) is 14.1. The van der Waals surface area contributed by atoms with Crippen LogP contribution in [0.25, 0.3) is 6.08 Å². The third kappa shape index (κ3) is 3.24. The normalized spacial score (nSPS) is 22.0. The van der Waals surface area contributed by atoms with E-state index in [4.69, 9.17) is 0 Å². The second-order valence-corrected chi connectivity index (χ2v) is 6.32. The number of amides is 2. The highest BCUT2D eigenvalue weighted by Gasteiger charge is 2.25. The molecule has 2 saturated heterocycles. The number of anilines is 1. The zero-order valence-electron chi connectivity index (χ0n) is 11.7. The molecule has 3 heterocycles. The summed E-state index contributed by atoms with van der Waals surface area (Å²) >= 11 is 0.898. The van der Waals surface area contributed by atoms with Crippen molar-refractivity contribution in [1.29, 1.82) is 0 Å². The van der Waals surface area contributed by atoms with Gasteiger partial charge in [0.05, 0.1) is 10.6 Å². The number of aromatic nitrogens is 2. The smallest absolute Gasteiger partial charge is 0.290 e. The monoisotopic (exact) mass is 304 g/mol. The van der Waals surface area contributed by atoms with Gasteiger partial charge in [-0.05, 0) is 42.7 Å². The van der Waals surface area contributed by atoms with Gasteiger partial charge >= 0.3 is 0 Å². The Morgan fingerprint density at radius 1 is 1.38 bits per heavy atom. The Morgan fingerprint density at radius 3 is 2.81 bits per heavy atom. The topological polar surface area (TPSA) is 75.2 Å². The molecular formula is C14H16N4O2S. The quantitative estimate of drug-likeness (QED) is 0.843. The van der Waals surface area contributed by atoms with Gasteiger partial charge < -0.3 is 4.90 Å². The van der Waals surface area contributed by atoms with E-state index >= 15 is 0 Å². The van der Waals surface area contributed by atoms with E-state index in [0.29, 0.717) is 16.5 Å². The highest BCUT2D eigenvalue weighted by molar-refractivity contribution is 8.18. The van der Waals surface area contributed by atoms with Gasteiger partial charge in [-0.15, -0.1) is 0 Å². The standard InChI is InChI=1S/C14H16N4O2S/c1-9-3-6-18(7-4-9)13-15-5-2-10(16-13)8-11-12(19)17-14(20)21-11/h2,5,8-9H,3-4,6-7H2,1H3,(H,17,19,20)/b11-8-. The van der Waals surface area contributed by atoms with E-state index in [1.54, 1.807) is 18.3 Å². The lowest BCUT2D eigenvalue weighted by Crippen LogP contribution is -2.34. The molecule has 2 aliphatic heterocycles. The summed E-state index contributed by atoms with van der Waals surface area (Å²) < 4.78 is 0. The van der Waals surface area contributed by atoms with Crippen LogP contribution in [0.1, 0.15) is 25.5 Å². The molecule has 0 aliphatic carbocycles. The summed E-state index contributed by atoms with van der Waals surface area (Å²) in [6.07, 6.45) is 5.59. The Morgan fingerprint density at radius 2 is 2.14 bits per heavy atom. The highest BCUT2D eigenvalue weighted by atomic mass is 32.2. The number of hydrogen-bond donors (Lipinski definition) is 1. The lowest BCUT2D eigenvalue weighted by molar-refractivity contribution is -0.115. The van der Waals surface area contributed by atoms with E-state index < -0.39 is 0 Å². The molecule has 6 nitrogen and oxygen atoms in total. The second-order valence-electron chi connectivity index (χ2n) is 5.30. The molecule has 1 aromatic rings. The molecule has 7 heteroatoms. The van der Waals surface area contributed by atoms with Crippen molar-refractivity contribution < 1.29 is 9.59 Å². The van der Waals surface area contributed by atoms with E-state index in [-0.39, 0.29) is 11.1 Å². The van der Waals surface area contributed by atoms with Gasteiger partial charge in [0.25, 0.3) is 11.1 Å². The molecule has 2 fully saturated rings. The van der Waals surface area contributed by atoms with Gasteiger partial charge in [0.2, 0.25) is 5.95 Å². The van der Waals surface area contributed by atoms with Crippen LogP contribution < -0.4 is 10.2 Å². The van der Waals surface area contributed by atoms with Gasteiger partial charge in [-0.1, -0.05) is 6.92 Å². The SMILES string of the molecule is CC1CCN(c2nccc(/C=C3\SC(=O)NC3=O)n2)CC1. The average Bonchev–Trinajstić information content (AvgIpc) is 2.78. The first-order valence-electron chi connectivity index (χ1n) is 6.94. The highest BCUT2D eigenvalue weighted by Crippen LogP contribution is 2.25. The van der Waals surface area contributed by atoms with Gasteiger partial charge in [-0.2, -0.15) is 0 Å². The largest absolute Gasteiger partial charge is 0.341 e. The lowest BCUT2D eigenvalue weighted by Gasteiger charge is -2.30. The van der Waals surface area contributed by atoms with Crippen LogP contribution in [0.15, 0.2) is 17.2 Å². The van der Waals surface area contributed by atoms with E-state index in [1.165, 1.54) is 0 Å². The number of nitrogens with zero attached hydrogens (tertiary/aromatic N) is 3. The minimum Gasteiger partial charge on any atom is -0.341 e. The van der Waals surface area contributed by atoms with Gasteiger partial charge in [0.1, 0.15) is 0 Å². The second kappa shape index (κ2) is 5.85. The summed E-state index contributed by atoms with van der Waals surface area (Å²) in [5.74, 6) is 1.07. The number of carbonyl (C=O) groups excluding carboxylic acids is 2. The maximum absolute atomic E-state index is 11.5. The van der Waals surface area contributed by atoms with Crippen LogP contribution >= 0.6 is 11.8 Å². The first-order valence-corrected chi connectivity index (χ1v) is 7.76. The molecule has 21 heavy (non-hydrogen) atoms. The summed E-state index contributed by atoms with van der Waals surface area (Å²) in [6.45, 7) is 4.16. The third-order valence-corrected chi connectivity index (χ3v) is 4.46. The third-order valence-electron chi connectivity index (χ3n) is 3.65. The van der Waals surface area contributed by atoms with Crippen molar-refractivity contribution in [3.63, 3.8) is 0 Å². The molecule has 0 aromatic carbocycles.